The quantitative estimate of drug-likeness (QED) is 0.276. The lowest BCUT2D eigenvalue weighted by atomic mass is 9.98. The lowest BCUT2D eigenvalue weighted by Crippen LogP contribution is -1.95. The van der Waals surface area contributed by atoms with Crippen LogP contribution in [-0.2, 0) is 0 Å². The number of hydrogen-bond donors (Lipinski definition) is 1. The van der Waals surface area contributed by atoms with Crippen molar-refractivity contribution in [3.05, 3.63) is 88.9 Å². The summed E-state index contributed by atoms with van der Waals surface area (Å²) in [6, 6.07) is 29.1. The van der Waals surface area contributed by atoms with Crippen LogP contribution in [0.25, 0.3) is 33.3 Å². The van der Waals surface area contributed by atoms with Gasteiger partial charge in [0.15, 0.2) is 8.29 Å². The van der Waals surface area contributed by atoms with Crippen LogP contribution in [0.15, 0.2) is 94.2 Å². The Balaban J connectivity index is 0.00000218. The van der Waals surface area contributed by atoms with Crippen LogP contribution in [0.5, 0.6) is 0 Å². The smallest absolute Gasteiger partial charge is 0.177 e. The largest absolute Gasteiger partial charge is 0.257 e. The summed E-state index contributed by atoms with van der Waals surface area (Å²) in [5, 5.41) is 8.40. The maximum atomic E-state index is 5.25. The second kappa shape index (κ2) is 9.10. The number of aromatic amines is 1. The number of nitrogens with zero attached hydrogens (tertiary/aromatic N) is 2. The zero-order valence-corrected chi connectivity index (χ0v) is 18.9. The molecule has 1 N–H and O–H groups in total. The van der Waals surface area contributed by atoms with Crippen LogP contribution in [0.1, 0.15) is 0 Å². The Morgan fingerprint density at radius 1 is 0.800 bits per heavy atom. The highest BCUT2D eigenvalue weighted by atomic mass is 35.5. The van der Waals surface area contributed by atoms with Gasteiger partial charge in [0.1, 0.15) is 0 Å². The molecule has 0 spiro atoms. The number of aromatic nitrogens is 3. The van der Waals surface area contributed by atoms with E-state index in [-0.39, 0.29) is 12.4 Å². The average molecular weight is 466 g/mol. The molecule has 0 radical (unpaired) electrons. The minimum atomic E-state index is 0. The zero-order chi connectivity index (χ0) is 19.6. The molecule has 5 aromatic rings. The number of fused-ring (bicyclic) bond motifs is 1. The summed E-state index contributed by atoms with van der Waals surface area (Å²) >= 11 is 8.34. The number of H-pyrrole nitrogens is 1. The highest BCUT2D eigenvalue weighted by Gasteiger charge is 2.20. The summed E-state index contributed by atoms with van der Waals surface area (Å²) in [5.74, 6) is 0. The number of hydrogen-bond acceptors (Lipinski definition) is 5. The molecule has 0 atom stereocenters. The highest BCUT2D eigenvalue weighted by molar-refractivity contribution is 8.01. The number of benzene rings is 3. The van der Waals surface area contributed by atoms with Crippen LogP contribution in [-0.4, -0.2) is 15.2 Å². The van der Waals surface area contributed by atoms with Gasteiger partial charge in [-0.05, 0) is 23.8 Å². The van der Waals surface area contributed by atoms with Gasteiger partial charge in [-0.1, -0.05) is 102 Å². The summed E-state index contributed by atoms with van der Waals surface area (Å²) in [5.41, 5.74) is 5.33. The van der Waals surface area contributed by atoms with Gasteiger partial charge in [-0.3, -0.25) is 5.10 Å². The molecule has 0 amide bonds. The van der Waals surface area contributed by atoms with E-state index in [0.717, 1.165) is 37.0 Å². The van der Waals surface area contributed by atoms with Crippen LogP contribution in [0.3, 0.4) is 0 Å². The summed E-state index contributed by atoms with van der Waals surface area (Å²) in [6.07, 6.45) is 0. The second-order valence-corrected chi connectivity index (χ2v) is 9.32. The van der Waals surface area contributed by atoms with E-state index in [2.05, 4.69) is 64.8 Å². The maximum absolute atomic E-state index is 5.25. The van der Waals surface area contributed by atoms with Crippen LogP contribution < -0.4 is 0 Å². The summed E-state index contributed by atoms with van der Waals surface area (Å²) < 4.78 is 1.55. The number of para-hydroxylation sites is 1. The van der Waals surface area contributed by atoms with E-state index in [0.29, 0.717) is 3.95 Å². The molecular formula is C23H16ClN3S3. The minimum absolute atomic E-state index is 0. The Morgan fingerprint density at radius 2 is 1.43 bits per heavy atom. The normalized spacial score (nSPS) is 10.7. The molecule has 0 aliphatic rings. The Bertz CT molecular complexity index is 1350. The van der Waals surface area contributed by atoms with E-state index < -0.39 is 0 Å². The van der Waals surface area contributed by atoms with Gasteiger partial charge < -0.3 is 0 Å². The lowest BCUT2D eigenvalue weighted by Gasteiger charge is -2.16. The molecule has 0 aliphatic heterocycles. The van der Waals surface area contributed by atoms with E-state index >= 15 is 0 Å². The third kappa shape index (κ3) is 4.04. The Labute approximate surface area is 193 Å². The maximum Gasteiger partial charge on any atom is 0.177 e. The molecule has 0 saturated heterocycles. The fraction of sp³-hybridized carbons (Fsp3) is 0. The van der Waals surface area contributed by atoms with Crippen molar-refractivity contribution in [3.8, 4) is 22.4 Å². The summed E-state index contributed by atoms with van der Waals surface area (Å²) in [4.78, 5) is 6.14. The van der Waals surface area contributed by atoms with Gasteiger partial charge >= 0.3 is 0 Å². The Kier molecular flexibility index (Phi) is 6.29. The van der Waals surface area contributed by atoms with Crippen LogP contribution in [0.2, 0.25) is 0 Å². The van der Waals surface area contributed by atoms with Crippen LogP contribution >= 0.6 is 47.7 Å². The highest BCUT2D eigenvalue weighted by Crippen LogP contribution is 2.45. The van der Waals surface area contributed by atoms with E-state index in [1.54, 1.807) is 11.8 Å². The molecule has 2 aromatic heterocycles. The van der Waals surface area contributed by atoms with E-state index in [1.165, 1.54) is 16.9 Å². The van der Waals surface area contributed by atoms with Gasteiger partial charge in [0.05, 0.1) is 11.2 Å². The monoisotopic (exact) mass is 465 g/mol. The molecule has 2 heterocycles. The average Bonchev–Trinajstić information content (AvgIpc) is 3.19. The number of halogens is 1. The Hall–Kier alpha value is -2.51. The zero-order valence-electron chi connectivity index (χ0n) is 15.6. The molecule has 3 aromatic carbocycles. The van der Waals surface area contributed by atoms with Crippen molar-refractivity contribution in [2.45, 2.75) is 9.24 Å². The van der Waals surface area contributed by atoms with Crippen molar-refractivity contribution >= 4 is 58.6 Å². The van der Waals surface area contributed by atoms with Gasteiger partial charge in [0.25, 0.3) is 0 Å². The third-order valence-electron chi connectivity index (χ3n) is 4.57. The lowest BCUT2D eigenvalue weighted by molar-refractivity contribution is 1.00. The fourth-order valence-electron chi connectivity index (χ4n) is 3.32. The predicted molar refractivity (Wildman–Crippen MR) is 131 cm³/mol. The molecule has 30 heavy (non-hydrogen) atoms. The van der Waals surface area contributed by atoms with Crippen molar-refractivity contribution in [2.75, 3.05) is 0 Å². The molecule has 0 unspecified atom stereocenters. The van der Waals surface area contributed by atoms with Crippen molar-refractivity contribution in [3.63, 3.8) is 0 Å². The van der Waals surface area contributed by atoms with Crippen molar-refractivity contribution < 1.29 is 0 Å². The molecule has 7 heteroatoms. The summed E-state index contributed by atoms with van der Waals surface area (Å²) in [7, 11) is 0. The van der Waals surface area contributed by atoms with Gasteiger partial charge in [0, 0.05) is 21.4 Å². The fourth-order valence-corrected chi connectivity index (χ4v) is 5.63. The minimum Gasteiger partial charge on any atom is -0.257 e. The Morgan fingerprint density at radius 3 is 2.10 bits per heavy atom. The van der Waals surface area contributed by atoms with Crippen LogP contribution in [0, 0.1) is 3.95 Å². The first-order valence-corrected chi connectivity index (χ1v) is 11.1. The van der Waals surface area contributed by atoms with E-state index in [1.807, 2.05) is 30.3 Å². The first-order chi connectivity index (χ1) is 14.3. The first-order valence-electron chi connectivity index (χ1n) is 9.06. The summed E-state index contributed by atoms with van der Waals surface area (Å²) in [6.45, 7) is 0. The number of nitrogens with one attached hydrogen (secondary N) is 1. The van der Waals surface area contributed by atoms with Crippen molar-refractivity contribution in [1.29, 1.82) is 0 Å². The molecule has 5 rings (SSSR count). The van der Waals surface area contributed by atoms with Crippen LogP contribution in [0.4, 0.5) is 0 Å². The molecular weight excluding hydrogens is 450 g/mol. The topological polar surface area (TPSA) is 41.6 Å². The molecule has 148 valence electrons. The molecule has 3 nitrogen and oxygen atoms in total. The second-order valence-electron chi connectivity index (χ2n) is 6.39. The predicted octanol–water partition coefficient (Wildman–Crippen LogP) is 7.66. The van der Waals surface area contributed by atoms with Gasteiger partial charge in [-0.15, -0.1) is 12.4 Å². The SMILES string of the molecule is Cl.S=c1[nH]nc(Sc2c(-c3ccccc3)nc3ccccc3c2-c2ccccc2)s1. The van der Waals surface area contributed by atoms with E-state index in [9.17, 15) is 0 Å². The number of rotatable bonds is 4. The van der Waals surface area contributed by atoms with Gasteiger partial charge in [-0.2, -0.15) is 5.10 Å². The first kappa shape index (κ1) is 20.8. The molecule has 0 bridgehead atoms. The van der Waals surface area contributed by atoms with Crippen molar-refractivity contribution in [2.24, 2.45) is 0 Å². The molecule has 0 saturated carbocycles. The van der Waals surface area contributed by atoms with Gasteiger partial charge in [-0.25, -0.2) is 4.98 Å². The van der Waals surface area contributed by atoms with E-state index in [4.69, 9.17) is 17.2 Å². The van der Waals surface area contributed by atoms with Crippen molar-refractivity contribution in [1.82, 2.24) is 15.2 Å². The third-order valence-corrected chi connectivity index (χ3v) is 6.82. The molecule has 0 fully saturated rings. The van der Waals surface area contributed by atoms with Gasteiger partial charge in [0.2, 0.25) is 0 Å². The molecule has 0 aliphatic carbocycles. The standard InChI is InChI=1S/C23H15N3S3.ClH/c27-22-25-26-23(29-22)28-21-19(15-9-3-1-4-10-15)17-13-7-8-14-18(17)24-20(21)16-11-5-2-6-12-16;/h1-14H,(H,25,27);1H. The number of pyridine rings is 1.